The van der Waals surface area contributed by atoms with Crippen molar-refractivity contribution in [3.8, 4) is 0 Å². The van der Waals surface area contributed by atoms with E-state index in [2.05, 4.69) is 106 Å². The highest BCUT2D eigenvalue weighted by Crippen LogP contribution is 2.16. The maximum absolute atomic E-state index is 12.9. The smallest absolute Gasteiger partial charge is 0.306 e. The number of hydrogen-bond acceptors (Lipinski definition) is 6. The fourth-order valence-corrected chi connectivity index (χ4v) is 8.74. The third-order valence-electron chi connectivity index (χ3n) is 13.4. The molecule has 0 spiro atoms. The van der Waals surface area contributed by atoms with E-state index >= 15 is 0 Å². The number of carbonyl (C=O) groups excluding carboxylic acids is 3. The van der Waals surface area contributed by atoms with Crippen LogP contribution in [0.5, 0.6) is 0 Å². The lowest BCUT2D eigenvalue weighted by atomic mass is 10.0. The molecule has 420 valence electrons. The topological polar surface area (TPSA) is 78.9 Å². The molecule has 0 N–H and O–H groups in total. The van der Waals surface area contributed by atoms with Gasteiger partial charge in [0, 0.05) is 19.3 Å². The van der Waals surface area contributed by atoms with E-state index in [4.69, 9.17) is 14.2 Å². The van der Waals surface area contributed by atoms with Crippen LogP contribution in [0.4, 0.5) is 0 Å². The number of allylic oxidation sites excluding steroid dienone is 14. The number of rotatable bonds is 56. The Kier molecular flexibility index (Phi) is 58.3. The fourth-order valence-electron chi connectivity index (χ4n) is 8.74. The average molecular weight is 1020 g/mol. The van der Waals surface area contributed by atoms with Gasteiger partial charge in [-0.1, -0.05) is 273 Å². The van der Waals surface area contributed by atoms with Crippen LogP contribution in [0.2, 0.25) is 0 Å². The summed E-state index contributed by atoms with van der Waals surface area (Å²) in [6, 6.07) is 0. The number of ether oxygens (including phenoxy) is 3. The molecule has 1 atom stereocenters. The monoisotopic (exact) mass is 1020 g/mol. The van der Waals surface area contributed by atoms with Gasteiger partial charge in [0.2, 0.25) is 0 Å². The molecule has 0 saturated carbocycles. The highest BCUT2D eigenvalue weighted by Gasteiger charge is 2.19. The van der Waals surface area contributed by atoms with Crippen LogP contribution >= 0.6 is 0 Å². The molecule has 0 aliphatic rings. The predicted octanol–water partition coefficient (Wildman–Crippen LogP) is 21.1. The number of carbonyl (C=O) groups is 3. The van der Waals surface area contributed by atoms with Gasteiger partial charge in [0.05, 0.1) is 0 Å². The Labute approximate surface area is 452 Å². The predicted molar refractivity (Wildman–Crippen MR) is 316 cm³/mol. The van der Waals surface area contributed by atoms with Gasteiger partial charge < -0.3 is 14.2 Å². The largest absolute Gasteiger partial charge is 0.462 e. The summed E-state index contributed by atoms with van der Waals surface area (Å²) in [5.74, 6) is -0.933. The molecule has 0 radical (unpaired) electrons. The first-order valence-electron chi connectivity index (χ1n) is 31.1. The van der Waals surface area contributed by atoms with Crippen LogP contribution in [-0.4, -0.2) is 37.2 Å². The van der Waals surface area contributed by atoms with Gasteiger partial charge in [0.15, 0.2) is 6.10 Å². The summed E-state index contributed by atoms with van der Waals surface area (Å²) in [5, 5.41) is 0. The molecule has 0 aliphatic carbocycles. The summed E-state index contributed by atoms with van der Waals surface area (Å²) in [5.41, 5.74) is 0. The standard InChI is InChI=1S/C67H116O6/c1-4-7-10-13-16-19-22-25-28-30-32-34-36-37-39-42-45-48-51-54-57-60-66(69)72-63-64(62-71-65(68)59-56-53-50-47-44-41-27-24-21-18-15-12-9-6-3)73-67(70)61-58-55-52-49-46-43-40-38-35-33-31-29-26-23-20-17-14-11-8-5-2/h7,10,16,19,24-25,27-28,32,34,37,39,45,48,64H,4-6,8-9,11-15,17-18,20-23,26,29-31,33,35-36,38,40-44,46-47,49-63H2,1-3H3/b10-7-,19-16-,27-24-,28-25-,34-32-,39-37-,48-45-. The van der Waals surface area contributed by atoms with Gasteiger partial charge in [-0.2, -0.15) is 0 Å². The van der Waals surface area contributed by atoms with E-state index in [1.54, 1.807) is 0 Å². The van der Waals surface area contributed by atoms with Gasteiger partial charge in [0.25, 0.3) is 0 Å². The van der Waals surface area contributed by atoms with Gasteiger partial charge in [-0.3, -0.25) is 14.4 Å². The Hall–Kier alpha value is -3.41. The minimum Gasteiger partial charge on any atom is -0.462 e. The molecule has 0 saturated heterocycles. The van der Waals surface area contributed by atoms with Gasteiger partial charge in [-0.15, -0.1) is 0 Å². The van der Waals surface area contributed by atoms with E-state index in [1.165, 1.54) is 161 Å². The normalized spacial score (nSPS) is 12.6. The first-order chi connectivity index (χ1) is 36.0. The Morgan fingerprint density at radius 2 is 0.534 bits per heavy atom. The first-order valence-corrected chi connectivity index (χ1v) is 31.1. The Morgan fingerprint density at radius 3 is 0.877 bits per heavy atom. The summed E-state index contributed by atoms with van der Waals surface area (Å²) >= 11 is 0. The summed E-state index contributed by atoms with van der Waals surface area (Å²) in [4.78, 5) is 38.3. The van der Waals surface area contributed by atoms with E-state index in [-0.39, 0.29) is 31.1 Å². The summed E-state index contributed by atoms with van der Waals surface area (Å²) in [7, 11) is 0. The average Bonchev–Trinajstić information content (AvgIpc) is 3.39. The van der Waals surface area contributed by atoms with Crippen molar-refractivity contribution in [2.24, 2.45) is 0 Å². The molecule has 0 aliphatic heterocycles. The van der Waals surface area contributed by atoms with Crippen molar-refractivity contribution in [1.29, 1.82) is 0 Å². The van der Waals surface area contributed by atoms with Crippen molar-refractivity contribution in [2.75, 3.05) is 13.2 Å². The molecule has 0 fully saturated rings. The van der Waals surface area contributed by atoms with Crippen LogP contribution in [0.1, 0.15) is 303 Å². The maximum atomic E-state index is 12.9. The van der Waals surface area contributed by atoms with E-state index in [1.807, 2.05) is 0 Å². The summed E-state index contributed by atoms with van der Waals surface area (Å²) in [6.07, 6.45) is 80.1. The van der Waals surface area contributed by atoms with Crippen LogP contribution in [0.3, 0.4) is 0 Å². The highest BCUT2D eigenvalue weighted by molar-refractivity contribution is 5.71. The summed E-state index contributed by atoms with van der Waals surface area (Å²) in [6.45, 7) is 6.51. The lowest BCUT2D eigenvalue weighted by molar-refractivity contribution is -0.167. The number of hydrogen-bond donors (Lipinski definition) is 0. The molecule has 0 aromatic heterocycles. The molecule has 1 unspecified atom stereocenters. The third kappa shape index (κ3) is 59.3. The highest BCUT2D eigenvalue weighted by atomic mass is 16.6. The molecule has 6 heteroatoms. The summed E-state index contributed by atoms with van der Waals surface area (Å²) < 4.78 is 16.9. The van der Waals surface area contributed by atoms with E-state index < -0.39 is 6.10 Å². The zero-order valence-electron chi connectivity index (χ0n) is 48.1. The molecular formula is C67H116O6. The molecule has 0 bridgehead atoms. The molecule has 6 nitrogen and oxygen atoms in total. The Balaban J connectivity index is 4.43. The molecule has 0 rings (SSSR count). The van der Waals surface area contributed by atoms with Crippen molar-refractivity contribution in [3.63, 3.8) is 0 Å². The van der Waals surface area contributed by atoms with Gasteiger partial charge in [-0.25, -0.2) is 0 Å². The molecule has 73 heavy (non-hydrogen) atoms. The van der Waals surface area contributed by atoms with Gasteiger partial charge in [0.1, 0.15) is 13.2 Å². The van der Waals surface area contributed by atoms with Crippen molar-refractivity contribution >= 4 is 17.9 Å². The second-order valence-electron chi connectivity index (χ2n) is 20.6. The SMILES string of the molecule is CC/C=C\C/C=C\C/C=C\C/C=C\C/C=C\C/C=C\CCCCC(=O)OCC(COC(=O)CCCCCCC/C=C\CCCCCCC)OC(=O)CCCCCCCCCCCCCCCCCCCCCC. The van der Waals surface area contributed by atoms with E-state index in [0.29, 0.717) is 19.3 Å². The molecular weight excluding hydrogens is 901 g/mol. The van der Waals surface area contributed by atoms with Gasteiger partial charge >= 0.3 is 17.9 Å². The molecule has 0 aromatic rings. The van der Waals surface area contributed by atoms with Gasteiger partial charge in [-0.05, 0) is 96.3 Å². The zero-order chi connectivity index (χ0) is 52.9. The van der Waals surface area contributed by atoms with Crippen LogP contribution < -0.4 is 0 Å². The quantitative estimate of drug-likeness (QED) is 0.0261. The minimum absolute atomic E-state index is 0.0925. The van der Waals surface area contributed by atoms with Crippen LogP contribution in [-0.2, 0) is 28.6 Å². The maximum Gasteiger partial charge on any atom is 0.306 e. The van der Waals surface area contributed by atoms with E-state index in [9.17, 15) is 14.4 Å². The van der Waals surface area contributed by atoms with Crippen LogP contribution in [0, 0.1) is 0 Å². The van der Waals surface area contributed by atoms with Crippen LogP contribution in [0.25, 0.3) is 0 Å². The second-order valence-corrected chi connectivity index (χ2v) is 20.6. The third-order valence-corrected chi connectivity index (χ3v) is 13.4. The molecule has 0 amide bonds. The van der Waals surface area contributed by atoms with Crippen molar-refractivity contribution in [2.45, 2.75) is 309 Å². The Bertz CT molecular complexity index is 1400. The lowest BCUT2D eigenvalue weighted by Gasteiger charge is -2.18. The zero-order valence-corrected chi connectivity index (χ0v) is 48.1. The molecule has 0 heterocycles. The van der Waals surface area contributed by atoms with Crippen molar-refractivity contribution < 1.29 is 28.6 Å². The van der Waals surface area contributed by atoms with Crippen molar-refractivity contribution in [1.82, 2.24) is 0 Å². The van der Waals surface area contributed by atoms with E-state index in [0.717, 1.165) is 103 Å². The van der Waals surface area contributed by atoms with Crippen molar-refractivity contribution in [3.05, 3.63) is 85.1 Å². The second kappa shape index (κ2) is 61.1. The van der Waals surface area contributed by atoms with Crippen LogP contribution in [0.15, 0.2) is 85.1 Å². The fraction of sp³-hybridized carbons (Fsp3) is 0.746. The lowest BCUT2D eigenvalue weighted by Crippen LogP contribution is -2.30. The molecule has 0 aromatic carbocycles. The first kappa shape index (κ1) is 69.6. The minimum atomic E-state index is -0.797. The Morgan fingerprint density at radius 1 is 0.288 bits per heavy atom. The number of unbranched alkanes of at least 4 members (excludes halogenated alkanes) is 31. The number of esters is 3.